The first-order valence-corrected chi connectivity index (χ1v) is 9.37. The third kappa shape index (κ3) is 4.03. The van der Waals surface area contributed by atoms with Gasteiger partial charge in [-0.1, -0.05) is 24.3 Å². The minimum Gasteiger partial charge on any atom is -0.494 e. The molecule has 0 saturated carbocycles. The lowest BCUT2D eigenvalue weighted by Crippen LogP contribution is -2.01. The maximum Gasteiger partial charge on any atom is 0.206 e. The Balaban J connectivity index is 2.01. The van der Waals surface area contributed by atoms with Crippen molar-refractivity contribution in [2.45, 2.75) is 9.79 Å². The average molecular weight is 387 g/mol. The fourth-order valence-electron chi connectivity index (χ4n) is 2.41. The van der Waals surface area contributed by atoms with Gasteiger partial charge in [-0.2, -0.15) is 0 Å². The summed E-state index contributed by atoms with van der Waals surface area (Å²) < 4.78 is 57.1. The van der Waals surface area contributed by atoms with Gasteiger partial charge in [-0.05, 0) is 48.0 Å². The third-order valence-corrected chi connectivity index (χ3v) is 5.58. The number of sulfone groups is 1. The van der Waals surface area contributed by atoms with Crippen LogP contribution in [-0.2, 0) is 9.84 Å². The number of aliphatic imine (C=N–C) groups is 1. The fourth-order valence-corrected chi connectivity index (χ4v) is 3.71. The van der Waals surface area contributed by atoms with Gasteiger partial charge < -0.3 is 4.74 Å². The van der Waals surface area contributed by atoms with Gasteiger partial charge in [0.1, 0.15) is 11.4 Å². The summed E-state index contributed by atoms with van der Waals surface area (Å²) in [6.45, 7) is 0. The lowest BCUT2D eigenvalue weighted by Gasteiger charge is -2.09. The first kappa shape index (κ1) is 18.7. The van der Waals surface area contributed by atoms with Crippen molar-refractivity contribution in [3.05, 3.63) is 83.9 Å². The number of halogens is 2. The van der Waals surface area contributed by atoms with E-state index in [4.69, 9.17) is 4.74 Å². The van der Waals surface area contributed by atoms with Gasteiger partial charge in [0.15, 0.2) is 11.6 Å². The van der Waals surface area contributed by atoms with Crippen LogP contribution in [0.2, 0.25) is 0 Å². The van der Waals surface area contributed by atoms with Crippen LogP contribution in [0.1, 0.15) is 5.56 Å². The first-order valence-electron chi connectivity index (χ1n) is 7.89. The lowest BCUT2D eigenvalue weighted by molar-refractivity contribution is 0.416. The van der Waals surface area contributed by atoms with Gasteiger partial charge in [0.25, 0.3) is 0 Å². The second-order valence-corrected chi connectivity index (χ2v) is 7.53. The molecule has 0 bridgehead atoms. The van der Waals surface area contributed by atoms with Gasteiger partial charge in [0.2, 0.25) is 9.84 Å². The molecule has 0 amide bonds. The van der Waals surface area contributed by atoms with Gasteiger partial charge in [-0.15, -0.1) is 0 Å². The summed E-state index contributed by atoms with van der Waals surface area (Å²) in [6.07, 6.45) is 1.30. The summed E-state index contributed by atoms with van der Waals surface area (Å²) in [5, 5.41) is 0. The monoisotopic (exact) mass is 387 g/mol. The van der Waals surface area contributed by atoms with Crippen LogP contribution in [0, 0.1) is 11.6 Å². The Morgan fingerprint density at radius 2 is 1.63 bits per heavy atom. The molecule has 138 valence electrons. The van der Waals surface area contributed by atoms with E-state index in [2.05, 4.69) is 4.99 Å². The molecule has 0 N–H and O–H groups in total. The van der Waals surface area contributed by atoms with E-state index in [0.717, 1.165) is 12.1 Å². The standard InChI is InChI=1S/C20H15F2NO3S/c1-26-20-10-8-16(27(24,25)15-5-3-2-4-6-15)12-19(20)23-13-14-7-9-17(21)18(22)11-14/h2-13H,1H3. The molecule has 0 atom stereocenters. The molecule has 0 aliphatic heterocycles. The van der Waals surface area contributed by atoms with Crippen LogP contribution >= 0.6 is 0 Å². The van der Waals surface area contributed by atoms with Crippen LogP contribution in [-0.4, -0.2) is 21.7 Å². The van der Waals surface area contributed by atoms with E-state index in [-0.39, 0.29) is 15.5 Å². The van der Waals surface area contributed by atoms with E-state index in [1.165, 1.54) is 49.7 Å². The van der Waals surface area contributed by atoms with Crippen molar-refractivity contribution < 1.29 is 21.9 Å². The molecule has 0 heterocycles. The van der Waals surface area contributed by atoms with E-state index < -0.39 is 21.5 Å². The van der Waals surface area contributed by atoms with Gasteiger partial charge in [0, 0.05) is 6.21 Å². The lowest BCUT2D eigenvalue weighted by atomic mass is 10.2. The Hall–Kier alpha value is -3.06. The van der Waals surface area contributed by atoms with E-state index >= 15 is 0 Å². The van der Waals surface area contributed by atoms with E-state index in [1.54, 1.807) is 18.2 Å². The molecule has 0 aromatic heterocycles. The minimum atomic E-state index is -3.72. The van der Waals surface area contributed by atoms with Crippen molar-refractivity contribution in [2.75, 3.05) is 7.11 Å². The highest BCUT2D eigenvalue weighted by Crippen LogP contribution is 2.32. The van der Waals surface area contributed by atoms with Crippen molar-refractivity contribution in [2.24, 2.45) is 4.99 Å². The molecule has 27 heavy (non-hydrogen) atoms. The smallest absolute Gasteiger partial charge is 0.206 e. The highest BCUT2D eigenvalue weighted by Gasteiger charge is 2.19. The van der Waals surface area contributed by atoms with E-state index in [9.17, 15) is 17.2 Å². The normalized spacial score (nSPS) is 11.7. The van der Waals surface area contributed by atoms with Crippen molar-refractivity contribution in [3.8, 4) is 5.75 Å². The molecule has 4 nitrogen and oxygen atoms in total. The summed E-state index contributed by atoms with van der Waals surface area (Å²) in [5.41, 5.74) is 0.575. The molecule has 0 radical (unpaired) electrons. The Morgan fingerprint density at radius 1 is 0.889 bits per heavy atom. The number of hydrogen-bond donors (Lipinski definition) is 0. The van der Waals surface area contributed by atoms with E-state index in [0.29, 0.717) is 11.3 Å². The second kappa shape index (κ2) is 7.67. The number of ether oxygens (including phenoxy) is 1. The first-order chi connectivity index (χ1) is 12.9. The average Bonchev–Trinajstić information content (AvgIpc) is 2.69. The number of hydrogen-bond acceptors (Lipinski definition) is 4. The predicted octanol–water partition coefficient (Wildman–Crippen LogP) is 4.56. The maximum atomic E-state index is 13.3. The molecule has 0 unspecified atom stereocenters. The van der Waals surface area contributed by atoms with Crippen LogP contribution in [0.3, 0.4) is 0 Å². The molecule has 3 aromatic carbocycles. The van der Waals surface area contributed by atoms with Gasteiger partial charge in [-0.3, -0.25) is 4.99 Å². The minimum absolute atomic E-state index is 0.0481. The largest absolute Gasteiger partial charge is 0.494 e. The highest BCUT2D eigenvalue weighted by molar-refractivity contribution is 7.91. The SMILES string of the molecule is COc1ccc(S(=O)(=O)c2ccccc2)cc1N=Cc1ccc(F)c(F)c1. The molecule has 0 fully saturated rings. The highest BCUT2D eigenvalue weighted by atomic mass is 32.2. The quantitative estimate of drug-likeness (QED) is 0.603. The van der Waals surface area contributed by atoms with Crippen molar-refractivity contribution in [3.63, 3.8) is 0 Å². The third-order valence-electron chi connectivity index (χ3n) is 3.81. The van der Waals surface area contributed by atoms with Crippen molar-refractivity contribution >= 4 is 21.7 Å². The second-order valence-electron chi connectivity index (χ2n) is 5.58. The molecular formula is C20H15F2NO3S. The van der Waals surface area contributed by atoms with Crippen LogP contribution in [0.4, 0.5) is 14.5 Å². The number of benzene rings is 3. The predicted molar refractivity (Wildman–Crippen MR) is 98.5 cm³/mol. The molecule has 7 heteroatoms. The zero-order valence-corrected chi connectivity index (χ0v) is 15.1. The van der Waals surface area contributed by atoms with Crippen LogP contribution in [0.25, 0.3) is 0 Å². The number of nitrogens with zero attached hydrogens (tertiary/aromatic N) is 1. The summed E-state index contributed by atoms with van der Waals surface area (Å²) >= 11 is 0. The maximum absolute atomic E-state index is 13.3. The Labute approximate surface area is 155 Å². The molecule has 0 aliphatic rings. The molecule has 0 spiro atoms. The van der Waals surface area contributed by atoms with Crippen LogP contribution < -0.4 is 4.74 Å². The van der Waals surface area contributed by atoms with Crippen LogP contribution in [0.15, 0.2) is 81.5 Å². The Morgan fingerprint density at radius 3 is 2.30 bits per heavy atom. The Bertz CT molecular complexity index is 1100. The van der Waals surface area contributed by atoms with Crippen molar-refractivity contribution in [1.82, 2.24) is 0 Å². The molecule has 0 aliphatic carbocycles. The fraction of sp³-hybridized carbons (Fsp3) is 0.0500. The Kier molecular flexibility index (Phi) is 5.32. The molecule has 0 saturated heterocycles. The molecular weight excluding hydrogens is 372 g/mol. The summed E-state index contributed by atoms with van der Waals surface area (Å²) in [5.74, 6) is -1.60. The summed E-state index contributed by atoms with van der Waals surface area (Å²) in [7, 11) is -2.29. The number of methoxy groups -OCH3 is 1. The zero-order chi connectivity index (χ0) is 19.4. The molecule has 3 rings (SSSR count). The van der Waals surface area contributed by atoms with Gasteiger partial charge in [0.05, 0.1) is 16.9 Å². The van der Waals surface area contributed by atoms with Crippen molar-refractivity contribution in [1.29, 1.82) is 0 Å². The summed E-state index contributed by atoms with van der Waals surface area (Å²) in [4.78, 5) is 4.39. The van der Waals surface area contributed by atoms with Gasteiger partial charge in [-0.25, -0.2) is 17.2 Å². The zero-order valence-electron chi connectivity index (χ0n) is 14.3. The topological polar surface area (TPSA) is 55.7 Å². The van der Waals surface area contributed by atoms with Gasteiger partial charge >= 0.3 is 0 Å². The molecule has 3 aromatic rings. The summed E-state index contributed by atoms with van der Waals surface area (Å²) in [6, 6.07) is 15.7. The van der Waals surface area contributed by atoms with E-state index in [1.807, 2.05) is 0 Å². The van der Waals surface area contributed by atoms with Crippen LogP contribution in [0.5, 0.6) is 5.75 Å². The number of rotatable bonds is 5.